The Bertz CT molecular complexity index is 1540. The summed E-state index contributed by atoms with van der Waals surface area (Å²) in [5, 5.41) is 8.19. The van der Waals surface area contributed by atoms with Crippen molar-refractivity contribution in [1.29, 1.82) is 0 Å². The molecule has 174 valence electrons. The van der Waals surface area contributed by atoms with Gasteiger partial charge >= 0.3 is 0 Å². The fourth-order valence-electron chi connectivity index (χ4n) is 3.44. The van der Waals surface area contributed by atoms with E-state index in [1.54, 1.807) is 6.07 Å². The van der Waals surface area contributed by atoms with E-state index in [9.17, 15) is 13.6 Å². The summed E-state index contributed by atoms with van der Waals surface area (Å²) in [6.45, 7) is 0. The quantitative estimate of drug-likeness (QED) is 0.287. The first-order chi connectivity index (χ1) is 17.0. The molecule has 0 aliphatic carbocycles. The lowest BCUT2D eigenvalue weighted by Crippen LogP contribution is -2.27. The Morgan fingerprint density at radius 3 is 2.77 bits per heavy atom. The molecule has 5 rings (SSSR count). The number of thiazole rings is 1. The van der Waals surface area contributed by atoms with Gasteiger partial charge in [-0.1, -0.05) is 24.3 Å². The number of amides is 1. The molecule has 0 aliphatic heterocycles. The average Bonchev–Trinajstić information content (AvgIpc) is 3.33. The number of nitrogens with zero attached hydrogens (tertiary/aromatic N) is 4. The van der Waals surface area contributed by atoms with E-state index in [0.29, 0.717) is 22.0 Å². The Morgan fingerprint density at radius 1 is 1.06 bits per heavy atom. The largest absolute Gasteiger partial charge is 0.383 e. The number of pyridine rings is 1. The first-order valence-electron chi connectivity index (χ1n) is 10.4. The number of benzene rings is 2. The molecule has 35 heavy (non-hydrogen) atoms. The van der Waals surface area contributed by atoms with Crippen LogP contribution in [0.5, 0.6) is 0 Å². The van der Waals surface area contributed by atoms with Gasteiger partial charge < -0.3 is 16.4 Å². The predicted molar refractivity (Wildman–Crippen MR) is 130 cm³/mol. The smallest absolute Gasteiger partial charge is 0.257 e. The Kier molecular flexibility index (Phi) is 5.98. The van der Waals surface area contributed by atoms with Crippen LogP contribution in [0, 0.1) is 5.82 Å². The molecule has 1 amide bonds. The average molecular weight is 490 g/mol. The van der Waals surface area contributed by atoms with Crippen LogP contribution >= 0.6 is 11.3 Å². The third kappa shape index (κ3) is 4.62. The Morgan fingerprint density at radius 2 is 1.91 bits per heavy atom. The molecule has 11 heteroatoms. The van der Waals surface area contributed by atoms with E-state index in [0.717, 1.165) is 17.1 Å². The van der Waals surface area contributed by atoms with Gasteiger partial charge in [0.05, 0.1) is 16.8 Å². The number of carbonyl (C=O) groups excluding carboxylic acids is 1. The van der Waals surface area contributed by atoms with Gasteiger partial charge in [-0.15, -0.1) is 11.3 Å². The number of nitrogen functional groups attached to an aromatic ring is 1. The number of halogens is 2. The van der Waals surface area contributed by atoms with Crippen molar-refractivity contribution in [2.45, 2.75) is 6.30 Å². The van der Waals surface area contributed by atoms with E-state index in [1.807, 2.05) is 23.6 Å². The number of alkyl halides is 1. The topological polar surface area (TPSA) is 119 Å². The molecule has 5 aromatic rings. The monoisotopic (exact) mass is 489 g/mol. The van der Waals surface area contributed by atoms with Crippen LogP contribution in [-0.4, -0.2) is 25.8 Å². The summed E-state index contributed by atoms with van der Waals surface area (Å²) < 4.78 is 28.5. The second-order valence-electron chi connectivity index (χ2n) is 7.41. The molecule has 3 heterocycles. The number of hydrogen-bond donors (Lipinski definition) is 3. The zero-order valence-electron chi connectivity index (χ0n) is 17.9. The van der Waals surface area contributed by atoms with E-state index in [4.69, 9.17) is 5.73 Å². The van der Waals surface area contributed by atoms with Gasteiger partial charge in [-0.25, -0.2) is 28.7 Å². The summed E-state index contributed by atoms with van der Waals surface area (Å²) >= 11 is 1.30. The molecular formula is C24H17F2N7OS. The number of carbonyl (C=O) groups is 1. The maximum Gasteiger partial charge on any atom is 0.257 e. The van der Waals surface area contributed by atoms with Gasteiger partial charge in [-0.3, -0.25) is 4.79 Å². The lowest BCUT2D eigenvalue weighted by molar-refractivity contribution is 0.0893. The summed E-state index contributed by atoms with van der Waals surface area (Å²) in [7, 11) is 0. The molecule has 0 saturated carbocycles. The molecule has 1 atom stereocenters. The minimum absolute atomic E-state index is 0.0823. The minimum Gasteiger partial charge on any atom is -0.383 e. The fraction of sp³-hybridized carbons (Fsp3) is 0.0417. The van der Waals surface area contributed by atoms with Gasteiger partial charge in [0.1, 0.15) is 23.8 Å². The van der Waals surface area contributed by atoms with Crippen LogP contribution in [-0.2, 0) is 0 Å². The summed E-state index contributed by atoms with van der Waals surface area (Å²) in [6.07, 6.45) is 0.876. The van der Waals surface area contributed by atoms with E-state index >= 15 is 0 Å². The first kappa shape index (κ1) is 22.3. The maximum atomic E-state index is 14.6. The molecule has 8 nitrogen and oxygen atoms in total. The number of anilines is 3. The molecule has 0 bridgehead atoms. The predicted octanol–water partition coefficient (Wildman–Crippen LogP) is 5.01. The Labute approximate surface area is 201 Å². The molecule has 0 fully saturated rings. The zero-order chi connectivity index (χ0) is 24.4. The van der Waals surface area contributed by atoms with Crippen molar-refractivity contribution in [2.75, 3.05) is 11.1 Å². The van der Waals surface area contributed by atoms with Crippen LogP contribution < -0.4 is 16.4 Å². The number of fused-ring (bicyclic) bond motifs is 1. The Balaban J connectivity index is 1.36. The summed E-state index contributed by atoms with van der Waals surface area (Å²) in [5.74, 6) is -0.945. The highest BCUT2D eigenvalue weighted by Gasteiger charge is 2.20. The molecule has 0 aliphatic rings. The van der Waals surface area contributed by atoms with E-state index in [1.165, 1.54) is 48.1 Å². The van der Waals surface area contributed by atoms with Gasteiger partial charge in [0.15, 0.2) is 5.13 Å². The first-order valence-corrected chi connectivity index (χ1v) is 11.2. The van der Waals surface area contributed by atoms with Crippen LogP contribution in [0.1, 0.15) is 22.2 Å². The molecule has 3 aromatic heterocycles. The highest BCUT2D eigenvalue weighted by molar-refractivity contribution is 7.14. The number of hydrogen-bond acceptors (Lipinski definition) is 8. The molecule has 0 radical (unpaired) electrons. The van der Waals surface area contributed by atoms with Crippen molar-refractivity contribution in [3.05, 3.63) is 89.4 Å². The van der Waals surface area contributed by atoms with Crippen molar-refractivity contribution in [3.8, 4) is 11.3 Å². The van der Waals surface area contributed by atoms with Crippen LogP contribution in [0.2, 0.25) is 0 Å². The van der Waals surface area contributed by atoms with E-state index < -0.39 is 18.0 Å². The van der Waals surface area contributed by atoms with E-state index in [-0.39, 0.29) is 16.9 Å². The molecular weight excluding hydrogens is 472 g/mol. The van der Waals surface area contributed by atoms with Crippen molar-refractivity contribution >= 4 is 44.9 Å². The highest BCUT2D eigenvalue weighted by atomic mass is 32.1. The maximum absolute atomic E-state index is 14.6. The number of aromatic nitrogens is 4. The van der Waals surface area contributed by atoms with Crippen molar-refractivity contribution in [1.82, 2.24) is 25.3 Å². The van der Waals surface area contributed by atoms with Gasteiger partial charge in [-0.2, -0.15) is 0 Å². The van der Waals surface area contributed by atoms with Crippen LogP contribution in [0.25, 0.3) is 22.2 Å². The minimum atomic E-state index is -2.02. The second-order valence-corrected chi connectivity index (χ2v) is 8.27. The summed E-state index contributed by atoms with van der Waals surface area (Å²) in [6, 6.07) is 13.9. The standard InChI is InChI=1S/C24H17F2N7OS/c25-17-6-2-1-4-14(17)20(26)32-23(34)15-5-3-9-28-22(15)33-24-31-19(11-35-24)13-7-8-18-16(10-13)21(27)30-12-29-18/h1-12,20H,(H,32,34)(H2,27,29,30)(H,28,31,33). The van der Waals surface area contributed by atoms with Crippen LogP contribution in [0.3, 0.4) is 0 Å². The van der Waals surface area contributed by atoms with Crippen molar-refractivity contribution in [2.24, 2.45) is 0 Å². The van der Waals surface area contributed by atoms with Crippen molar-refractivity contribution in [3.63, 3.8) is 0 Å². The number of rotatable bonds is 6. The summed E-state index contributed by atoms with van der Waals surface area (Å²) in [4.78, 5) is 29.7. The van der Waals surface area contributed by atoms with Gasteiger partial charge in [0.25, 0.3) is 5.91 Å². The number of nitrogens with two attached hydrogens (primary N) is 1. The molecule has 0 saturated heterocycles. The molecule has 0 spiro atoms. The summed E-state index contributed by atoms with van der Waals surface area (Å²) in [5.41, 5.74) is 7.99. The Hall–Kier alpha value is -4.51. The molecule has 1 unspecified atom stereocenters. The second kappa shape index (κ2) is 9.39. The molecule has 4 N–H and O–H groups in total. The normalized spacial score (nSPS) is 11.8. The van der Waals surface area contributed by atoms with Gasteiger partial charge in [0.2, 0.25) is 6.30 Å². The highest BCUT2D eigenvalue weighted by Crippen LogP contribution is 2.30. The third-order valence-electron chi connectivity index (χ3n) is 5.18. The zero-order valence-corrected chi connectivity index (χ0v) is 18.8. The molecule has 2 aromatic carbocycles. The fourth-order valence-corrected chi connectivity index (χ4v) is 4.16. The number of nitrogens with one attached hydrogen (secondary N) is 2. The lowest BCUT2D eigenvalue weighted by Gasteiger charge is -2.13. The third-order valence-corrected chi connectivity index (χ3v) is 5.94. The van der Waals surface area contributed by atoms with Gasteiger partial charge in [-0.05, 0) is 30.3 Å². The lowest BCUT2D eigenvalue weighted by atomic mass is 10.1. The van der Waals surface area contributed by atoms with Crippen LogP contribution in [0.15, 0.2) is 72.5 Å². The van der Waals surface area contributed by atoms with E-state index in [2.05, 4.69) is 30.6 Å². The SMILES string of the molecule is Nc1ncnc2ccc(-c3csc(Nc4ncccc4C(=O)NC(F)c4ccccc4F)n3)cc12. The van der Waals surface area contributed by atoms with Gasteiger partial charge in [0, 0.05) is 28.1 Å². The van der Waals surface area contributed by atoms with Crippen LogP contribution in [0.4, 0.5) is 25.5 Å². The van der Waals surface area contributed by atoms with Crippen molar-refractivity contribution < 1.29 is 13.6 Å².